The van der Waals surface area contributed by atoms with Crippen LogP contribution in [0.25, 0.3) is 11.4 Å². The van der Waals surface area contributed by atoms with Crippen LogP contribution in [0.2, 0.25) is 0 Å². The van der Waals surface area contributed by atoms with Crippen molar-refractivity contribution in [3.05, 3.63) is 47.5 Å². The Bertz CT molecular complexity index is 947. The highest BCUT2D eigenvalue weighted by Crippen LogP contribution is 2.30. The summed E-state index contributed by atoms with van der Waals surface area (Å²) in [6.07, 6.45) is 0. The van der Waals surface area contributed by atoms with Gasteiger partial charge in [0.05, 0.1) is 14.2 Å². The molecule has 0 saturated heterocycles. The molecule has 140 valence electrons. The number of anilines is 1. The molecule has 8 heteroatoms. The van der Waals surface area contributed by atoms with Gasteiger partial charge in [-0.3, -0.25) is 4.79 Å². The molecule has 0 bridgehead atoms. The van der Waals surface area contributed by atoms with E-state index in [0.717, 1.165) is 16.8 Å². The molecule has 0 aliphatic carbocycles. The molecule has 3 rings (SSSR count). The van der Waals surface area contributed by atoms with Gasteiger partial charge in [0.25, 0.3) is 0 Å². The van der Waals surface area contributed by atoms with Gasteiger partial charge in [-0.15, -0.1) is 10.2 Å². The Morgan fingerprint density at radius 1 is 1.07 bits per heavy atom. The fourth-order valence-electron chi connectivity index (χ4n) is 2.72. The number of ether oxygens (including phenoxy) is 2. The summed E-state index contributed by atoms with van der Waals surface area (Å²) >= 11 is 0. The van der Waals surface area contributed by atoms with E-state index in [-0.39, 0.29) is 12.5 Å². The van der Waals surface area contributed by atoms with Crippen molar-refractivity contribution in [3.63, 3.8) is 0 Å². The third-order valence-corrected chi connectivity index (χ3v) is 4.13. The first-order valence-electron chi connectivity index (χ1n) is 8.38. The molecule has 27 heavy (non-hydrogen) atoms. The Labute approximate surface area is 157 Å². The van der Waals surface area contributed by atoms with Crippen LogP contribution in [-0.4, -0.2) is 40.3 Å². The number of hydrogen-bond acceptors (Lipinski definition) is 6. The molecule has 8 nitrogen and oxygen atoms in total. The van der Waals surface area contributed by atoms with Crippen LogP contribution < -0.4 is 14.8 Å². The molecule has 0 unspecified atom stereocenters. The number of aryl methyl sites for hydroxylation is 2. The summed E-state index contributed by atoms with van der Waals surface area (Å²) in [6.45, 7) is 3.87. The summed E-state index contributed by atoms with van der Waals surface area (Å²) in [5.74, 6) is 1.36. The number of methoxy groups -OCH3 is 2. The molecule has 0 aliphatic rings. The van der Waals surface area contributed by atoms with Crippen LogP contribution in [-0.2, 0) is 11.3 Å². The number of carbonyl (C=O) groups is 1. The molecule has 0 fully saturated rings. The summed E-state index contributed by atoms with van der Waals surface area (Å²) < 4.78 is 10.5. The molecule has 0 aliphatic heterocycles. The van der Waals surface area contributed by atoms with Gasteiger partial charge in [0.2, 0.25) is 11.7 Å². The molecule has 2 aromatic carbocycles. The van der Waals surface area contributed by atoms with E-state index in [9.17, 15) is 4.79 Å². The zero-order valence-electron chi connectivity index (χ0n) is 15.7. The first kappa shape index (κ1) is 18.4. The van der Waals surface area contributed by atoms with E-state index in [1.54, 1.807) is 32.4 Å². The number of carbonyl (C=O) groups excluding carboxylic acids is 1. The number of amides is 1. The van der Waals surface area contributed by atoms with Crippen molar-refractivity contribution in [2.45, 2.75) is 20.4 Å². The number of aromatic nitrogens is 4. The average Bonchev–Trinajstić information content (AvgIpc) is 3.12. The summed E-state index contributed by atoms with van der Waals surface area (Å²) in [5.41, 5.74) is 3.53. The molecular formula is C19H21N5O3. The lowest BCUT2D eigenvalue weighted by molar-refractivity contribution is -0.117. The van der Waals surface area contributed by atoms with E-state index in [0.29, 0.717) is 22.9 Å². The summed E-state index contributed by atoms with van der Waals surface area (Å²) in [6, 6.07) is 11.2. The van der Waals surface area contributed by atoms with Crippen molar-refractivity contribution in [2.75, 3.05) is 19.5 Å². The number of para-hydroxylation sites is 1. The molecule has 1 aromatic heterocycles. The van der Waals surface area contributed by atoms with Gasteiger partial charge in [0.15, 0.2) is 11.5 Å². The highest BCUT2D eigenvalue weighted by atomic mass is 16.5. The van der Waals surface area contributed by atoms with Gasteiger partial charge in [0, 0.05) is 11.3 Å². The third kappa shape index (κ3) is 4.05. The van der Waals surface area contributed by atoms with Gasteiger partial charge in [-0.25, -0.2) is 0 Å². The van der Waals surface area contributed by atoms with Gasteiger partial charge in [-0.05, 0) is 48.4 Å². The highest BCUT2D eigenvalue weighted by molar-refractivity contribution is 5.92. The van der Waals surface area contributed by atoms with Crippen molar-refractivity contribution < 1.29 is 14.3 Å². The van der Waals surface area contributed by atoms with Gasteiger partial charge < -0.3 is 14.8 Å². The number of hydrogen-bond donors (Lipinski definition) is 1. The van der Waals surface area contributed by atoms with E-state index < -0.39 is 0 Å². The Morgan fingerprint density at radius 2 is 1.78 bits per heavy atom. The van der Waals surface area contributed by atoms with E-state index >= 15 is 0 Å². The number of benzene rings is 2. The quantitative estimate of drug-likeness (QED) is 0.720. The Kier molecular flexibility index (Phi) is 5.35. The Morgan fingerprint density at radius 3 is 2.44 bits per heavy atom. The molecular weight excluding hydrogens is 346 g/mol. The van der Waals surface area contributed by atoms with Crippen molar-refractivity contribution in [2.24, 2.45) is 0 Å². The van der Waals surface area contributed by atoms with Crippen LogP contribution in [0.1, 0.15) is 11.1 Å². The molecule has 3 aromatic rings. The molecule has 0 spiro atoms. The fourth-order valence-corrected chi connectivity index (χ4v) is 2.72. The maximum Gasteiger partial charge on any atom is 0.248 e. The van der Waals surface area contributed by atoms with Crippen LogP contribution >= 0.6 is 0 Å². The maximum atomic E-state index is 12.3. The van der Waals surface area contributed by atoms with Crippen LogP contribution in [0.4, 0.5) is 5.69 Å². The van der Waals surface area contributed by atoms with Crippen LogP contribution in [0.5, 0.6) is 11.5 Å². The zero-order valence-corrected chi connectivity index (χ0v) is 15.7. The van der Waals surface area contributed by atoms with Crippen LogP contribution in [0, 0.1) is 13.8 Å². The Balaban J connectivity index is 1.73. The van der Waals surface area contributed by atoms with Crippen molar-refractivity contribution in [1.29, 1.82) is 0 Å². The van der Waals surface area contributed by atoms with Gasteiger partial charge in [0.1, 0.15) is 6.54 Å². The van der Waals surface area contributed by atoms with Crippen LogP contribution in [0.3, 0.4) is 0 Å². The SMILES string of the molecule is COc1ccc(-c2nnn(CC(=O)Nc3c(C)cccc3C)n2)cc1OC. The smallest absolute Gasteiger partial charge is 0.248 e. The van der Waals surface area contributed by atoms with Crippen molar-refractivity contribution in [1.82, 2.24) is 20.2 Å². The van der Waals surface area contributed by atoms with Gasteiger partial charge >= 0.3 is 0 Å². The standard InChI is InChI=1S/C19H21N5O3/c1-12-6-5-7-13(2)18(12)20-17(25)11-24-22-19(21-23-24)14-8-9-15(26-3)16(10-14)27-4/h5-10H,11H2,1-4H3,(H,20,25). The van der Waals surface area contributed by atoms with E-state index in [2.05, 4.69) is 20.7 Å². The summed E-state index contributed by atoms with van der Waals surface area (Å²) in [7, 11) is 3.13. The van der Waals surface area contributed by atoms with Crippen molar-refractivity contribution >= 4 is 11.6 Å². The first-order valence-corrected chi connectivity index (χ1v) is 8.38. The number of nitrogens with zero attached hydrogens (tertiary/aromatic N) is 4. The predicted molar refractivity (Wildman–Crippen MR) is 101 cm³/mol. The monoisotopic (exact) mass is 367 g/mol. The predicted octanol–water partition coefficient (Wildman–Crippen LogP) is 2.61. The second kappa shape index (κ2) is 7.86. The first-order chi connectivity index (χ1) is 13.0. The number of rotatable bonds is 6. The van der Waals surface area contributed by atoms with E-state index in [1.807, 2.05) is 32.0 Å². The van der Waals surface area contributed by atoms with Crippen molar-refractivity contribution in [3.8, 4) is 22.9 Å². The lowest BCUT2D eigenvalue weighted by atomic mass is 10.1. The fraction of sp³-hybridized carbons (Fsp3) is 0.263. The molecule has 1 amide bonds. The average molecular weight is 367 g/mol. The largest absolute Gasteiger partial charge is 0.493 e. The lowest BCUT2D eigenvalue weighted by Crippen LogP contribution is -2.21. The second-order valence-corrected chi connectivity index (χ2v) is 6.03. The molecule has 1 N–H and O–H groups in total. The molecule has 1 heterocycles. The molecule has 0 radical (unpaired) electrons. The molecule has 0 saturated carbocycles. The summed E-state index contributed by atoms with van der Waals surface area (Å²) in [4.78, 5) is 13.6. The Hall–Kier alpha value is -3.42. The van der Waals surface area contributed by atoms with Gasteiger partial charge in [-0.2, -0.15) is 4.80 Å². The minimum absolute atomic E-state index is 0.0337. The van der Waals surface area contributed by atoms with Crippen LogP contribution in [0.15, 0.2) is 36.4 Å². The number of tetrazole rings is 1. The minimum Gasteiger partial charge on any atom is -0.493 e. The minimum atomic E-state index is -0.219. The normalized spacial score (nSPS) is 10.5. The topological polar surface area (TPSA) is 91.2 Å². The van der Waals surface area contributed by atoms with E-state index in [1.165, 1.54) is 4.80 Å². The number of nitrogens with one attached hydrogen (secondary N) is 1. The zero-order chi connectivity index (χ0) is 19.4. The maximum absolute atomic E-state index is 12.3. The van der Waals surface area contributed by atoms with E-state index in [4.69, 9.17) is 9.47 Å². The highest BCUT2D eigenvalue weighted by Gasteiger charge is 2.13. The third-order valence-electron chi connectivity index (χ3n) is 4.13. The second-order valence-electron chi connectivity index (χ2n) is 6.03. The lowest BCUT2D eigenvalue weighted by Gasteiger charge is -2.10. The summed E-state index contributed by atoms with van der Waals surface area (Å²) in [5, 5.41) is 15.2. The molecule has 0 atom stereocenters. The van der Waals surface area contributed by atoms with Gasteiger partial charge in [-0.1, -0.05) is 18.2 Å².